The largest absolute Gasteiger partial charge is 0.276 e. The Morgan fingerprint density at radius 2 is 2.00 bits per heavy atom. The van der Waals surface area contributed by atoms with E-state index in [9.17, 15) is 0 Å². The quantitative estimate of drug-likeness (QED) is 0.644. The number of para-hydroxylation sites is 1. The van der Waals surface area contributed by atoms with Crippen molar-refractivity contribution >= 4 is 5.69 Å². The maximum absolute atomic E-state index is 4.97. The third-order valence-electron chi connectivity index (χ3n) is 1.11. The van der Waals surface area contributed by atoms with Crippen LogP contribution in [0.15, 0.2) is 30.3 Å². The van der Waals surface area contributed by atoms with Crippen molar-refractivity contribution in [3.8, 4) is 0 Å². The van der Waals surface area contributed by atoms with E-state index in [1.807, 2.05) is 37.3 Å². The van der Waals surface area contributed by atoms with Gasteiger partial charge in [-0.05, 0) is 19.1 Å². The Hall–Kier alpha value is -1.02. The van der Waals surface area contributed by atoms with E-state index in [0.717, 1.165) is 5.69 Å². The molecule has 0 spiro atoms. The number of rotatable bonds is 3. The zero-order valence-corrected chi connectivity index (χ0v) is 6.00. The van der Waals surface area contributed by atoms with Gasteiger partial charge in [-0.25, -0.2) is 0 Å². The molecule has 0 radical (unpaired) electrons. The van der Waals surface area contributed by atoms with Crippen molar-refractivity contribution < 1.29 is 4.84 Å². The van der Waals surface area contributed by atoms with Crippen LogP contribution < -0.4 is 5.48 Å². The fourth-order valence-corrected chi connectivity index (χ4v) is 0.662. The summed E-state index contributed by atoms with van der Waals surface area (Å²) in [4.78, 5) is 4.97. The lowest BCUT2D eigenvalue weighted by Gasteiger charge is -2.02. The highest BCUT2D eigenvalue weighted by molar-refractivity contribution is 5.39. The molecule has 1 aromatic rings. The summed E-state index contributed by atoms with van der Waals surface area (Å²) >= 11 is 0. The van der Waals surface area contributed by atoms with Crippen molar-refractivity contribution in [3.63, 3.8) is 0 Å². The van der Waals surface area contributed by atoms with Gasteiger partial charge in [-0.1, -0.05) is 18.2 Å². The van der Waals surface area contributed by atoms with E-state index >= 15 is 0 Å². The standard InChI is InChI=1S/C8H11NO/c1-2-10-9-8-6-4-3-5-7-8/h3-7,9H,2H2,1H3. The Labute approximate surface area is 60.8 Å². The number of hydrogen-bond donors (Lipinski definition) is 1. The molecule has 1 aromatic carbocycles. The molecule has 2 heteroatoms. The second-order valence-electron chi connectivity index (χ2n) is 1.90. The van der Waals surface area contributed by atoms with Crippen LogP contribution in [0.1, 0.15) is 6.92 Å². The van der Waals surface area contributed by atoms with E-state index in [0.29, 0.717) is 6.61 Å². The van der Waals surface area contributed by atoms with Gasteiger partial charge in [-0.15, -0.1) is 0 Å². The summed E-state index contributed by atoms with van der Waals surface area (Å²) in [5.74, 6) is 0. The fraction of sp³-hybridized carbons (Fsp3) is 0.250. The van der Waals surface area contributed by atoms with Crippen molar-refractivity contribution in [2.45, 2.75) is 6.92 Å². The summed E-state index contributed by atoms with van der Waals surface area (Å²) in [5.41, 5.74) is 3.78. The van der Waals surface area contributed by atoms with Gasteiger partial charge in [0.15, 0.2) is 0 Å². The summed E-state index contributed by atoms with van der Waals surface area (Å²) in [6, 6.07) is 9.80. The van der Waals surface area contributed by atoms with Gasteiger partial charge in [0.05, 0.1) is 12.3 Å². The van der Waals surface area contributed by atoms with Gasteiger partial charge in [0.2, 0.25) is 0 Å². The molecule has 1 rings (SSSR count). The normalized spacial score (nSPS) is 9.30. The first-order valence-corrected chi connectivity index (χ1v) is 3.36. The third-order valence-corrected chi connectivity index (χ3v) is 1.11. The summed E-state index contributed by atoms with van der Waals surface area (Å²) in [5, 5.41) is 0. The predicted molar refractivity (Wildman–Crippen MR) is 41.7 cm³/mol. The molecule has 0 aliphatic heterocycles. The molecule has 0 aliphatic carbocycles. The van der Waals surface area contributed by atoms with E-state index in [1.54, 1.807) is 0 Å². The molecule has 10 heavy (non-hydrogen) atoms. The number of benzene rings is 1. The lowest BCUT2D eigenvalue weighted by Crippen LogP contribution is -1.98. The summed E-state index contributed by atoms with van der Waals surface area (Å²) in [6.45, 7) is 2.62. The minimum Gasteiger partial charge on any atom is -0.276 e. The lowest BCUT2D eigenvalue weighted by molar-refractivity contribution is 0.210. The minimum absolute atomic E-state index is 0.675. The Balaban J connectivity index is 2.43. The van der Waals surface area contributed by atoms with Gasteiger partial charge < -0.3 is 0 Å². The second kappa shape index (κ2) is 3.90. The van der Waals surface area contributed by atoms with Crippen LogP contribution in [0.4, 0.5) is 5.69 Å². The molecule has 0 aromatic heterocycles. The SMILES string of the molecule is CCONc1ccccc1. The molecule has 2 nitrogen and oxygen atoms in total. The fourth-order valence-electron chi connectivity index (χ4n) is 0.662. The van der Waals surface area contributed by atoms with E-state index in [-0.39, 0.29) is 0 Å². The van der Waals surface area contributed by atoms with Crippen LogP contribution in [0.2, 0.25) is 0 Å². The molecule has 0 unspecified atom stereocenters. The molecule has 0 atom stereocenters. The Kier molecular flexibility index (Phi) is 2.77. The Morgan fingerprint density at radius 1 is 1.30 bits per heavy atom. The zero-order valence-electron chi connectivity index (χ0n) is 6.00. The average Bonchev–Trinajstić information content (AvgIpc) is 2.03. The number of hydrogen-bond acceptors (Lipinski definition) is 2. The van der Waals surface area contributed by atoms with Crippen LogP contribution in [-0.4, -0.2) is 6.61 Å². The van der Waals surface area contributed by atoms with Crippen LogP contribution in [0, 0.1) is 0 Å². The third kappa shape index (κ3) is 2.07. The van der Waals surface area contributed by atoms with E-state index < -0.39 is 0 Å². The molecule has 0 amide bonds. The highest BCUT2D eigenvalue weighted by atomic mass is 16.6. The van der Waals surface area contributed by atoms with Crippen molar-refractivity contribution in [3.05, 3.63) is 30.3 Å². The summed E-state index contributed by atoms with van der Waals surface area (Å²) < 4.78 is 0. The van der Waals surface area contributed by atoms with Crippen LogP contribution >= 0.6 is 0 Å². The van der Waals surface area contributed by atoms with Crippen molar-refractivity contribution in [2.24, 2.45) is 0 Å². The molecular formula is C8H11NO. The van der Waals surface area contributed by atoms with Gasteiger partial charge in [-0.3, -0.25) is 10.3 Å². The molecule has 0 aliphatic rings. The zero-order chi connectivity index (χ0) is 7.23. The molecule has 0 heterocycles. The topological polar surface area (TPSA) is 21.3 Å². The van der Waals surface area contributed by atoms with Gasteiger partial charge in [0, 0.05) is 0 Å². The van der Waals surface area contributed by atoms with Crippen LogP contribution in [0.5, 0.6) is 0 Å². The van der Waals surface area contributed by atoms with Crippen molar-refractivity contribution in [1.82, 2.24) is 0 Å². The molecule has 0 bridgehead atoms. The highest BCUT2D eigenvalue weighted by Crippen LogP contribution is 2.03. The smallest absolute Gasteiger partial charge is 0.0717 e. The van der Waals surface area contributed by atoms with Crippen LogP contribution in [0.3, 0.4) is 0 Å². The predicted octanol–water partition coefficient (Wildman–Crippen LogP) is 2.05. The Morgan fingerprint density at radius 3 is 2.60 bits per heavy atom. The average molecular weight is 137 g/mol. The highest BCUT2D eigenvalue weighted by Gasteiger charge is 1.84. The minimum atomic E-state index is 0.675. The maximum atomic E-state index is 4.97. The van der Waals surface area contributed by atoms with Gasteiger partial charge >= 0.3 is 0 Å². The number of anilines is 1. The first-order valence-electron chi connectivity index (χ1n) is 3.36. The van der Waals surface area contributed by atoms with Crippen LogP contribution in [-0.2, 0) is 4.84 Å². The van der Waals surface area contributed by atoms with E-state index in [2.05, 4.69) is 5.48 Å². The van der Waals surface area contributed by atoms with Gasteiger partial charge in [-0.2, -0.15) is 0 Å². The molecular weight excluding hydrogens is 126 g/mol. The molecule has 0 saturated carbocycles. The molecule has 1 N–H and O–H groups in total. The first kappa shape index (κ1) is 7.09. The van der Waals surface area contributed by atoms with E-state index in [4.69, 9.17) is 4.84 Å². The van der Waals surface area contributed by atoms with E-state index in [1.165, 1.54) is 0 Å². The second-order valence-corrected chi connectivity index (χ2v) is 1.90. The van der Waals surface area contributed by atoms with Crippen LogP contribution in [0.25, 0.3) is 0 Å². The molecule has 54 valence electrons. The van der Waals surface area contributed by atoms with Crippen molar-refractivity contribution in [2.75, 3.05) is 12.1 Å². The van der Waals surface area contributed by atoms with Gasteiger partial charge in [0.1, 0.15) is 0 Å². The summed E-state index contributed by atoms with van der Waals surface area (Å²) in [6.07, 6.45) is 0. The first-order chi connectivity index (χ1) is 4.93. The molecule has 0 fully saturated rings. The summed E-state index contributed by atoms with van der Waals surface area (Å²) in [7, 11) is 0. The monoisotopic (exact) mass is 137 g/mol. The maximum Gasteiger partial charge on any atom is 0.0717 e. The molecule has 0 saturated heterocycles. The lowest BCUT2D eigenvalue weighted by atomic mass is 10.3. The van der Waals surface area contributed by atoms with Gasteiger partial charge in [0.25, 0.3) is 0 Å². The van der Waals surface area contributed by atoms with Crippen molar-refractivity contribution in [1.29, 1.82) is 0 Å². The Bertz CT molecular complexity index is 174. The number of nitrogens with one attached hydrogen (secondary N) is 1.